The summed E-state index contributed by atoms with van der Waals surface area (Å²) in [5.41, 5.74) is 0. The van der Waals surface area contributed by atoms with Gasteiger partial charge in [-0.25, -0.2) is 4.98 Å². The Balaban J connectivity index is 1.79. The smallest absolute Gasteiger partial charge is 0.231 e. The van der Waals surface area contributed by atoms with Crippen molar-refractivity contribution >= 4 is 16.6 Å². The van der Waals surface area contributed by atoms with Crippen LogP contribution in [0.5, 0.6) is 11.5 Å². The summed E-state index contributed by atoms with van der Waals surface area (Å²) in [4.78, 5) is 6.76. The van der Waals surface area contributed by atoms with Gasteiger partial charge in [-0.2, -0.15) is 0 Å². The first-order valence-electron chi connectivity index (χ1n) is 6.92. The van der Waals surface area contributed by atoms with E-state index in [1.807, 2.05) is 24.4 Å². The number of pyridine rings is 1. The fraction of sp³-hybridized carbons (Fsp3) is 0.400. The Bertz CT molecular complexity index is 651. The molecule has 5 nitrogen and oxygen atoms in total. The van der Waals surface area contributed by atoms with Crippen LogP contribution in [0.2, 0.25) is 0 Å². The van der Waals surface area contributed by atoms with Gasteiger partial charge in [0.2, 0.25) is 6.79 Å². The van der Waals surface area contributed by atoms with Crippen molar-refractivity contribution < 1.29 is 14.6 Å². The van der Waals surface area contributed by atoms with E-state index in [9.17, 15) is 5.11 Å². The molecule has 0 unspecified atom stereocenters. The molecular weight excluding hydrogens is 256 g/mol. The number of aliphatic hydroxyl groups excluding tert-OH is 1. The summed E-state index contributed by atoms with van der Waals surface area (Å²) < 4.78 is 10.9. The van der Waals surface area contributed by atoms with E-state index < -0.39 is 0 Å². The monoisotopic (exact) mass is 272 g/mol. The molecule has 1 aromatic heterocycles. The zero-order valence-electron chi connectivity index (χ0n) is 11.1. The highest BCUT2D eigenvalue weighted by molar-refractivity contribution is 5.94. The van der Waals surface area contributed by atoms with Gasteiger partial charge in [0, 0.05) is 24.7 Å². The molecule has 2 aliphatic rings. The molecular formula is C15H16N2O3. The molecule has 20 heavy (non-hydrogen) atoms. The third kappa shape index (κ3) is 1.86. The largest absolute Gasteiger partial charge is 0.454 e. The van der Waals surface area contributed by atoms with Gasteiger partial charge in [-0.15, -0.1) is 0 Å². The molecule has 1 saturated heterocycles. The minimum Gasteiger partial charge on any atom is -0.454 e. The van der Waals surface area contributed by atoms with Crippen LogP contribution in [-0.2, 0) is 0 Å². The molecule has 0 bridgehead atoms. The molecule has 0 amide bonds. The van der Waals surface area contributed by atoms with Gasteiger partial charge in [-0.3, -0.25) is 0 Å². The summed E-state index contributed by atoms with van der Waals surface area (Å²) in [6.07, 6.45) is 3.23. The SMILES string of the molecule is OC1CCN(c2nccc3cc4c(cc23)OCO4)CC1. The van der Waals surface area contributed by atoms with Gasteiger partial charge in [0.1, 0.15) is 5.82 Å². The molecule has 4 rings (SSSR count). The van der Waals surface area contributed by atoms with Crippen molar-refractivity contribution in [1.82, 2.24) is 4.98 Å². The number of aromatic nitrogens is 1. The Hall–Kier alpha value is -2.01. The maximum Gasteiger partial charge on any atom is 0.231 e. The van der Waals surface area contributed by atoms with Crippen LogP contribution in [0, 0.1) is 0 Å². The van der Waals surface area contributed by atoms with Gasteiger partial charge in [-0.1, -0.05) is 0 Å². The predicted octanol–water partition coefficient (Wildman–Crippen LogP) is 1.92. The van der Waals surface area contributed by atoms with Crippen molar-refractivity contribution in [2.75, 3.05) is 24.8 Å². The highest BCUT2D eigenvalue weighted by Crippen LogP contribution is 2.38. The van der Waals surface area contributed by atoms with Crippen LogP contribution < -0.4 is 14.4 Å². The van der Waals surface area contributed by atoms with Gasteiger partial charge in [0.15, 0.2) is 11.5 Å². The molecule has 1 fully saturated rings. The Morgan fingerprint density at radius 1 is 1.15 bits per heavy atom. The number of fused-ring (bicyclic) bond motifs is 2. The number of aliphatic hydroxyl groups is 1. The van der Waals surface area contributed by atoms with E-state index in [2.05, 4.69) is 9.88 Å². The Kier molecular flexibility index (Phi) is 2.67. The molecule has 0 atom stereocenters. The quantitative estimate of drug-likeness (QED) is 0.859. The third-order valence-corrected chi connectivity index (χ3v) is 4.00. The molecule has 1 N–H and O–H groups in total. The second-order valence-corrected chi connectivity index (χ2v) is 5.28. The van der Waals surface area contributed by atoms with Crippen LogP contribution in [0.3, 0.4) is 0 Å². The van der Waals surface area contributed by atoms with Crippen molar-refractivity contribution in [3.63, 3.8) is 0 Å². The lowest BCUT2D eigenvalue weighted by molar-refractivity contribution is 0.145. The zero-order valence-corrected chi connectivity index (χ0v) is 11.1. The minimum atomic E-state index is -0.179. The number of ether oxygens (including phenoxy) is 2. The highest BCUT2D eigenvalue weighted by Gasteiger charge is 2.21. The number of hydrogen-bond acceptors (Lipinski definition) is 5. The first-order chi connectivity index (χ1) is 9.81. The molecule has 0 spiro atoms. The fourth-order valence-corrected chi connectivity index (χ4v) is 2.88. The van der Waals surface area contributed by atoms with E-state index >= 15 is 0 Å². The Morgan fingerprint density at radius 3 is 2.70 bits per heavy atom. The Labute approximate surface area is 116 Å². The maximum absolute atomic E-state index is 9.63. The van der Waals surface area contributed by atoms with Crippen molar-refractivity contribution in [2.24, 2.45) is 0 Å². The van der Waals surface area contributed by atoms with E-state index in [0.717, 1.165) is 54.0 Å². The first-order valence-corrected chi connectivity index (χ1v) is 6.92. The first kappa shape index (κ1) is 11.8. The lowest BCUT2D eigenvalue weighted by Crippen LogP contribution is -2.36. The molecule has 104 valence electrons. The Morgan fingerprint density at radius 2 is 1.90 bits per heavy atom. The van der Waals surface area contributed by atoms with E-state index in [-0.39, 0.29) is 12.9 Å². The van der Waals surface area contributed by atoms with E-state index in [1.165, 1.54) is 0 Å². The average Bonchev–Trinajstić information content (AvgIpc) is 2.92. The molecule has 2 aromatic rings. The summed E-state index contributed by atoms with van der Waals surface area (Å²) >= 11 is 0. The van der Waals surface area contributed by atoms with Crippen molar-refractivity contribution in [2.45, 2.75) is 18.9 Å². The van der Waals surface area contributed by atoms with Crippen molar-refractivity contribution in [3.8, 4) is 11.5 Å². The van der Waals surface area contributed by atoms with Crippen molar-refractivity contribution in [3.05, 3.63) is 24.4 Å². The predicted molar refractivity (Wildman–Crippen MR) is 75.3 cm³/mol. The third-order valence-electron chi connectivity index (χ3n) is 4.00. The van der Waals surface area contributed by atoms with Crippen LogP contribution in [0.15, 0.2) is 24.4 Å². The summed E-state index contributed by atoms with van der Waals surface area (Å²) in [6.45, 7) is 1.95. The van der Waals surface area contributed by atoms with Crippen LogP contribution in [-0.4, -0.2) is 36.1 Å². The summed E-state index contributed by atoms with van der Waals surface area (Å²) in [7, 11) is 0. The standard InChI is InChI=1S/C15H16N2O3/c18-11-2-5-17(6-3-11)15-12-8-14-13(19-9-20-14)7-10(12)1-4-16-15/h1,4,7-8,11,18H,2-3,5-6,9H2. The normalized spacial score (nSPS) is 18.8. The van der Waals surface area contributed by atoms with Gasteiger partial charge in [0.05, 0.1) is 6.10 Å². The van der Waals surface area contributed by atoms with Crippen LogP contribution >= 0.6 is 0 Å². The topological polar surface area (TPSA) is 54.8 Å². The maximum atomic E-state index is 9.63. The van der Waals surface area contributed by atoms with E-state index in [0.29, 0.717) is 0 Å². The second kappa shape index (κ2) is 4.52. The molecule has 0 radical (unpaired) electrons. The lowest BCUT2D eigenvalue weighted by Gasteiger charge is -2.31. The van der Waals surface area contributed by atoms with Gasteiger partial charge in [0.25, 0.3) is 0 Å². The van der Waals surface area contributed by atoms with E-state index in [1.54, 1.807) is 0 Å². The zero-order chi connectivity index (χ0) is 13.5. The summed E-state index contributed by atoms with van der Waals surface area (Å²) in [5.74, 6) is 2.54. The number of hydrogen-bond donors (Lipinski definition) is 1. The fourth-order valence-electron chi connectivity index (χ4n) is 2.88. The van der Waals surface area contributed by atoms with Crippen LogP contribution in [0.25, 0.3) is 10.8 Å². The number of benzene rings is 1. The molecule has 1 aromatic carbocycles. The summed E-state index contributed by atoms with van der Waals surface area (Å²) in [5, 5.41) is 11.8. The molecule has 2 aliphatic heterocycles. The molecule has 0 aliphatic carbocycles. The van der Waals surface area contributed by atoms with Gasteiger partial charge >= 0.3 is 0 Å². The number of anilines is 1. The van der Waals surface area contributed by atoms with Gasteiger partial charge < -0.3 is 19.5 Å². The lowest BCUT2D eigenvalue weighted by atomic mass is 10.1. The average molecular weight is 272 g/mol. The van der Waals surface area contributed by atoms with Gasteiger partial charge in [-0.05, 0) is 36.4 Å². The van der Waals surface area contributed by atoms with Crippen molar-refractivity contribution in [1.29, 1.82) is 0 Å². The number of nitrogens with zero attached hydrogens (tertiary/aromatic N) is 2. The number of rotatable bonds is 1. The second-order valence-electron chi connectivity index (χ2n) is 5.28. The summed E-state index contributed by atoms with van der Waals surface area (Å²) in [6, 6.07) is 5.99. The van der Waals surface area contributed by atoms with Crippen LogP contribution in [0.1, 0.15) is 12.8 Å². The van der Waals surface area contributed by atoms with Crippen LogP contribution in [0.4, 0.5) is 5.82 Å². The molecule has 3 heterocycles. The molecule has 0 saturated carbocycles. The minimum absolute atomic E-state index is 0.179. The highest BCUT2D eigenvalue weighted by atomic mass is 16.7. The van der Waals surface area contributed by atoms with E-state index in [4.69, 9.17) is 9.47 Å². The number of piperidine rings is 1. The molecule has 5 heteroatoms.